The average Bonchev–Trinajstić information content (AvgIpc) is 2.35. The van der Waals surface area contributed by atoms with Gasteiger partial charge in [0.2, 0.25) is 0 Å². The number of thioether (sulfide) groups is 1. The summed E-state index contributed by atoms with van der Waals surface area (Å²) >= 11 is 7.74. The molecule has 0 unspecified atom stereocenters. The van der Waals surface area contributed by atoms with E-state index in [0.717, 1.165) is 23.9 Å². The van der Waals surface area contributed by atoms with Crippen molar-refractivity contribution in [3.05, 3.63) is 29.7 Å². The van der Waals surface area contributed by atoms with Crippen LogP contribution in [0.2, 0.25) is 5.15 Å². The summed E-state index contributed by atoms with van der Waals surface area (Å²) in [6, 6.07) is 1.72. The van der Waals surface area contributed by atoms with Gasteiger partial charge >= 0.3 is 0 Å². The van der Waals surface area contributed by atoms with Gasteiger partial charge in [-0.25, -0.2) is 9.97 Å². The minimum Gasteiger partial charge on any atom is -0.374 e. The molecule has 0 amide bonds. The zero-order chi connectivity index (χ0) is 13.2. The average molecular weight is 288 g/mol. The first-order valence-corrected chi connectivity index (χ1v) is 7.33. The first-order valence-electron chi connectivity index (χ1n) is 5.80. The summed E-state index contributed by atoms with van der Waals surface area (Å²) in [5.41, 5.74) is 0. The lowest BCUT2D eigenvalue weighted by atomic mass is 10.5. The fourth-order valence-corrected chi connectivity index (χ4v) is 2.01. The SMILES string of the molecule is C=CCSCCNc1cc(Cl)nc(COCC)n1. The second-order valence-electron chi connectivity index (χ2n) is 3.42. The van der Waals surface area contributed by atoms with Crippen molar-refractivity contribution < 1.29 is 4.74 Å². The van der Waals surface area contributed by atoms with Crippen LogP contribution in [0.25, 0.3) is 0 Å². The molecule has 0 fully saturated rings. The molecule has 1 aromatic heterocycles. The Morgan fingerprint density at radius 2 is 2.39 bits per heavy atom. The Bertz CT molecular complexity index is 376. The van der Waals surface area contributed by atoms with E-state index in [4.69, 9.17) is 16.3 Å². The molecular weight excluding hydrogens is 270 g/mol. The zero-order valence-corrected chi connectivity index (χ0v) is 12.1. The predicted octanol–water partition coefficient (Wildman–Crippen LogP) is 3.00. The Morgan fingerprint density at radius 1 is 1.56 bits per heavy atom. The molecule has 0 saturated carbocycles. The first-order chi connectivity index (χ1) is 8.76. The van der Waals surface area contributed by atoms with E-state index in [1.165, 1.54) is 0 Å². The number of nitrogens with one attached hydrogen (secondary N) is 1. The maximum absolute atomic E-state index is 5.93. The molecule has 0 aromatic carbocycles. The van der Waals surface area contributed by atoms with Gasteiger partial charge in [-0.1, -0.05) is 17.7 Å². The maximum atomic E-state index is 5.93. The summed E-state index contributed by atoms with van der Waals surface area (Å²) < 4.78 is 5.26. The van der Waals surface area contributed by atoms with Gasteiger partial charge in [0.1, 0.15) is 17.6 Å². The van der Waals surface area contributed by atoms with E-state index in [9.17, 15) is 0 Å². The molecule has 6 heteroatoms. The van der Waals surface area contributed by atoms with Crippen molar-refractivity contribution in [1.82, 2.24) is 9.97 Å². The monoisotopic (exact) mass is 287 g/mol. The van der Waals surface area contributed by atoms with Gasteiger partial charge < -0.3 is 10.1 Å². The Balaban J connectivity index is 2.43. The van der Waals surface area contributed by atoms with Crippen molar-refractivity contribution in [2.45, 2.75) is 13.5 Å². The van der Waals surface area contributed by atoms with Crippen LogP contribution in [0.4, 0.5) is 5.82 Å². The predicted molar refractivity (Wildman–Crippen MR) is 78.4 cm³/mol. The molecule has 0 spiro atoms. The number of anilines is 1. The number of aromatic nitrogens is 2. The molecule has 1 rings (SSSR count). The fraction of sp³-hybridized carbons (Fsp3) is 0.500. The van der Waals surface area contributed by atoms with E-state index >= 15 is 0 Å². The summed E-state index contributed by atoms with van der Waals surface area (Å²) in [4.78, 5) is 8.43. The molecule has 0 aliphatic carbocycles. The Hall–Kier alpha value is -0.780. The van der Waals surface area contributed by atoms with Crippen LogP contribution >= 0.6 is 23.4 Å². The van der Waals surface area contributed by atoms with E-state index in [0.29, 0.717) is 24.2 Å². The molecule has 1 N–H and O–H groups in total. The van der Waals surface area contributed by atoms with Crippen LogP contribution in [0.3, 0.4) is 0 Å². The summed E-state index contributed by atoms with van der Waals surface area (Å²) in [5, 5.41) is 3.65. The van der Waals surface area contributed by atoms with Gasteiger partial charge in [0.05, 0.1) is 0 Å². The van der Waals surface area contributed by atoms with Crippen molar-refractivity contribution in [2.24, 2.45) is 0 Å². The molecular formula is C12H18ClN3OS. The normalized spacial score (nSPS) is 10.3. The van der Waals surface area contributed by atoms with Crippen LogP contribution < -0.4 is 5.32 Å². The highest BCUT2D eigenvalue weighted by molar-refractivity contribution is 7.99. The third kappa shape index (κ3) is 6.23. The molecule has 18 heavy (non-hydrogen) atoms. The highest BCUT2D eigenvalue weighted by atomic mass is 35.5. The van der Waals surface area contributed by atoms with Crippen molar-refractivity contribution in [1.29, 1.82) is 0 Å². The molecule has 0 aliphatic rings. The largest absolute Gasteiger partial charge is 0.374 e. The Morgan fingerprint density at radius 3 is 3.11 bits per heavy atom. The van der Waals surface area contributed by atoms with Gasteiger partial charge in [0.15, 0.2) is 5.82 Å². The van der Waals surface area contributed by atoms with Crippen LogP contribution in [0, 0.1) is 0 Å². The van der Waals surface area contributed by atoms with Crippen LogP contribution in [-0.4, -0.2) is 34.6 Å². The van der Waals surface area contributed by atoms with Gasteiger partial charge in [-0.3, -0.25) is 0 Å². The molecule has 0 bridgehead atoms. The number of halogens is 1. The van der Waals surface area contributed by atoms with Crippen molar-refractivity contribution in [3.63, 3.8) is 0 Å². The Kier molecular flexibility index (Phi) is 7.80. The van der Waals surface area contributed by atoms with Gasteiger partial charge in [0, 0.05) is 30.7 Å². The molecule has 4 nitrogen and oxygen atoms in total. The van der Waals surface area contributed by atoms with Gasteiger partial charge in [-0.05, 0) is 6.92 Å². The second-order valence-corrected chi connectivity index (χ2v) is 4.96. The lowest BCUT2D eigenvalue weighted by molar-refractivity contribution is 0.128. The van der Waals surface area contributed by atoms with Crippen molar-refractivity contribution in [3.8, 4) is 0 Å². The fourth-order valence-electron chi connectivity index (χ4n) is 1.23. The third-order valence-corrected chi connectivity index (χ3v) is 3.12. The quantitative estimate of drug-likeness (QED) is 0.430. The summed E-state index contributed by atoms with van der Waals surface area (Å²) in [6.07, 6.45) is 1.90. The van der Waals surface area contributed by atoms with Crippen molar-refractivity contribution >= 4 is 29.2 Å². The number of hydrogen-bond donors (Lipinski definition) is 1. The molecule has 1 heterocycles. The topological polar surface area (TPSA) is 47.0 Å². The summed E-state index contributed by atoms with van der Waals surface area (Å²) in [6.45, 7) is 7.46. The molecule has 1 aromatic rings. The maximum Gasteiger partial charge on any atom is 0.158 e. The summed E-state index contributed by atoms with van der Waals surface area (Å²) in [7, 11) is 0. The lowest BCUT2D eigenvalue weighted by Gasteiger charge is -2.07. The van der Waals surface area contributed by atoms with E-state index < -0.39 is 0 Å². The Labute approximate surface area is 117 Å². The van der Waals surface area contributed by atoms with E-state index in [1.54, 1.807) is 6.07 Å². The number of nitrogens with zero attached hydrogens (tertiary/aromatic N) is 2. The molecule has 0 radical (unpaired) electrons. The number of rotatable bonds is 9. The van der Waals surface area contributed by atoms with Gasteiger partial charge in [-0.15, -0.1) is 6.58 Å². The minimum atomic E-state index is 0.386. The van der Waals surface area contributed by atoms with Crippen molar-refractivity contribution in [2.75, 3.05) is 30.0 Å². The molecule has 0 aliphatic heterocycles. The molecule has 100 valence electrons. The molecule has 0 atom stereocenters. The highest BCUT2D eigenvalue weighted by Gasteiger charge is 2.03. The van der Waals surface area contributed by atoms with E-state index in [1.807, 2.05) is 24.8 Å². The van der Waals surface area contributed by atoms with Crippen LogP contribution in [0.15, 0.2) is 18.7 Å². The first kappa shape index (κ1) is 15.3. The lowest BCUT2D eigenvalue weighted by Crippen LogP contribution is -2.08. The molecule has 0 saturated heterocycles. The van der Waals surface area contributed by atoms with Crippen LogP contribution in [0.1, 0.15) is 12.7 Å². The van der Waals surface area contributed by atoms with Crippen LogP contribution in [-0.2, 0) is 11.3 Å². The zero-order valence-electron chi connectivity index (χ0n) is 10.5. The van der Waals surface area contributed by atoms with E-state index in [2.05, 4.69) is 21.9 Å². The number of hydrogen-bond acceptors (Lipinski definition) is 5. The van der Waals surface area contributed by atoms with Gasteiger partial charge in [0.25, 0.3) is 0 Å². The second kappa shape index (κ2) is 9.19. The van der Waals surface area contributed by atoms with E-state index in [-0.39, 0.29) is 0 Å². The number of ether oxygens (including phenoxy) is 1. The van der Waals surface area contributed by atoms with Gasteiger partial charge in [-0.2, -0.15) is 11.8 Å². The summed E-state index contributed by atoms with van der Waals surface area (Å²) in [5.74, 6) is 3.30. The smallest absolute Gasteiger partial charge is 0.158 e. The minimum absolute atomic E-state index is 0.386. The van der Waals surface area contributed by atoms with Crippen LogP contribution in [0.5, 0.6) is 0 Å². The highest BCUT2D eigenvalue weighted by Crippen LogP contribution is 2.12. The third-order valence-electron chi connectivity index (χ3n) is 1.96. The standard InChI is InChI=1S/C12H18ClN3OS/c1-3-6-18-7-5-14-11-8-10(13)15-12(16-11)9-17-4-2/h3,8H,1,4-7,9H2,2H3,(H,14,15,16).